The molecule has 0 saturated carbocycles. The molecule has 0 radical (unpaired) electrons. The Morgan fingerprint density at radius 3 is 2.33 bits per heavy atom. The smallest absolute Gasteiger partial charge is 0.308 e. The first-order chi connectivity index (χ1) is 7.01. The predicted molar refractivity (Wildman–Crippen MR) is 52.2 cm³/mol. The van der Waals surface area contributed by atoms with Crippen molar-refractivity contribution in [1.29, 1.82) is 0 Å². The van der Waals surface area contributed by atoms with Crippen LogP contribution in [0.25, 0.3) is 0 Å². The van der Waals surface area contributed by atoms with Gasteiger partial charge in [0.05, 0.1) is 13.0 Å². The zero-order valence-electron chi connectivity index (χ0n) is 8.78. The number of aliphatic carboxylic acids is 1. The summed E-state index contributed by atoms with van der Waals surface area (Å²) in [6.45, 7) is 3.49. The van der Waals surface area contributed by atoms with E-state index in [0.29, 0.717) is 0 Å². The summed E-state index contributed by atoms with van der Waals surface area (Å²) < 4.78 is 9.66. The molecule has 86 valence electrons. The van der Waals surface area contributed by atoms with Crippen LogP contribution in [0, 0.1) is 0 Å². The number of ether oxygens (including phenoxy) is 2. The van der Waals surface area contributed by atoms with Crippen molar-refractivity contribution in [2.45, 2.75) is 12.7 Å². The average Bonchev–Trinajstić information content (AvgIpc) is 2.18. The summed E-state index contributed by atoms with van der Waals surface area (Å²) in [5.41, 5.74) is -0.00606. The van der Waals surface area contributed by atoms with Gasteiger partial charge in [-0.3, -0.25) is 9.59 Å². The summed E-state index contributed by atoms with van der Waals surface area (Å²) in [6, 6.07) is 0. The lowest BCUT2D eigenvalue weighted by atomic mass is 10.2. The first-order valence-corrected chi connectivity index (χ1v) is 4.24. The third-order valence-electron chi connectivity index (χ3n) is 1.64. The maximum absolute atomic E-state index is 11.2. The lowest BCUT2D eigenvalue weighted by Crippen LogP contribution is -2.35. The van der Waals surface area contributed by atoms with Crippen molar-refractivity contribution >= 4 is 11.9 Å². The molecule has 0 aliphatic heterocycles. The van der Waals surface area contributed by atoms with E-state index in [9.17, 15) is 9.59 Å². The molecule has 0 aliphatic rings. The van der Waals surface area contributed by atoms with Gasteiger partial charge in [-0.1, -0.05) is 6.58 Å². The number of hydrogen-bond donors (Lipinski definition) is 2. The van der Waals surface area contributed by atoms with Crippen LogP contribution >= 0.6 is 0 Å². The van der Waals surface area contributed by atoms with E-state index in [1.807, 2.05) is 0 Å². The summed E-state index contributed by atoms with van der Waals surface area (Å²) in [6.07, 6.45) is -0.928. The molecule has 0 aromatic carbocycles. The Hall–Kier alpha value is -1.40. The van der Waals surface area contributed by atoms with Crippen LogP contribution in [0.1, 0.15) is 6.42 Å². The van der Waals surface area contributed by atoms with Crippen LogP contribution in [0.15, 0.2) is 12.2 Å². The second-order valence-corrected chi connectivity index (χ2v) is 2.79. The largest absolute Gasteiger partial charge is 0.481 e. The highest BCUT2D eigenvalue weighted by atomic mass is 16.7. The number of carboxylic acids is 1. The van der Waals surface area contributed by atoms with Crippen molar-refractivity contribution in [3.05, 3.63) is 12.2 Å². The van der Waals surface area contributed by atoms with Gasteiger partial charge in [0.2, 0.25) is 5.91 Å². The number of carbonyl (C=O) groups is 2. The van der Waals surface area contributed by atoms with Gasteiger partial charge in [0.25, 0.3) is 0 Å². The minimum Gasteiger partial charge on any atom is -0.481 e. The Morgan fingerprint density at radius 1 is 1.40 bits per heavy atom. The van der Waals surface area contributed by atoms with E-state index in [1.54, 1.807) is 0 Å². The number of methoxy groups -OCH3 is 2. The maximum Gasteiger partial charge on any atom is 0.308 e. The summed E-state index contributed by atoms with van der Waals surface area (Å²) in [5.74, 6) is -1.61. The minimum absolute atomic E-state index is 0.00606. The average molecular weight is 217 g/mol. The zero-order valence-corrected chi connectivity index (χ0v) is 8.78. The molecular formula is C9H15NO5. The lowest BCUT2D eigenvalue weighted by molar-refractivity contribution is -0.137. The van der Waals surface area contributed by atoms with Crippen LogP contribution in [-0.4, -0.2) is 44.0 Å². The molecule has 1 amide bonds. The molecule has 0 saturated heterocycles. The summed E-state index contributed by atoms with van der Waals surface area (Å²) in [4.78, 5) is 21.5. The number of hydrogen-bond acceptors (Lipinski definition) is 4. The monoisotopic (exact) mass is 217 g/mol. The SMILES string of the molecule is C=C(CC(=O)O)C(=O)NCC(OC)OC. The molecule has 0 fully saturated rings. The van der Waals surface area contributed by atoms with Gasteiger partial charge >= 0.3 is 5.97 Å². The Kier molecular flexibility index (Phi) is 6.32. The van der Waals surface area contributed by atoms with E-state index >= 15 is 0 Å². The van der Waals surface area contributed by atoms with Crippen molar-refractivity contribution in [3.63, 3.8) is 0 Å². The molecule has 0 aromatic rings. The molecule has 0 atom stereocenters. The Labute approximate surface area is 87.9 Å². The fraction of sp³-hybridized carbons (Fsp3) is 0.556. The molecule has 0 bridgehead atoms. The first-order valence-electron chi connectivity index (χ1n) is 4.24. The fourth-order valence-electron chi connectivity index (χ4n) is 0.827. The van der Waals surface area contributed by atoms with Crippen LogP contribution in [0.3, 0.4) is 0 Å². The summed E-state index contributed by atoms with van der Waals surface area (Å²) in [5, 5.41) is 10.9. The normalized spacial score (nSPS) is 10.1. The molecule has 15 heavy (non-hydrogen) atoms. The number of nitrogens with one attached hydrogen (secondary N) is 1. The van der Waals surface area contributed by atoms with Crippen molar-refractivity contribution in [3.8, 4) is 0 Å². The standard InChI is InChI=1S/C9H15NO5/c1-6(4-7(11)12)9(13)10-5-8(14-2)15-3/h8H,1,4-5H2,2-3H3,(H,10,13)(H,11,12). The molecule has 0 aromatic heterocycles. The van der Waals surface area contributed by atoms with Gasteiger partial charge in [-0.15, -0.1) is 0 Å². The van der Waals surface area contributed by atoms with Crippen molar-refractivity contribution in [1.82, 2.24) is 5.32 Å². The van der Waals surface area contributed by atoms with Crippen LogP contribution in [0.4, 0.5) is 0 Å². The molecule has 0 aliphatic carbocycles. The predicted octanol–water partition coefficient (Wildman–Crippen LogP) is -0.248. The van der Waals surface area contributed by atoms with Gasteiger partial charge in [0.15, 0.2) is 6.29 Å². The van der Waals surface area contributed by atoms with Crippen molar-refractivity contribution in [2.75, 3.05) is 20.8 Å². The number of carboxylic acid groups (broad SMARTS) is 1. The third-order valence-corrected chi connectivity index (χ3v) is 1.64. The Morgan fingerprint density at radius 2 is 1.93 bits per heavy atom. The molecule has 0 rings (SSSR count). The zero-order chi connectivity index (χ0) is 11.8. The highest BCUT2D eigenvalue weighted by Gasteiger charge is 2.12. The van der Waals surface area contributed by atoms with E-state index in [2.05, 4.69) is 11.9 Å². The number of rotatable bonds is 7. The molecular weight excluding hydrogens is 202 g/mol. The van der Waals surface area contributed by atoms with Crippen molar-refractivity contribution in [2.24, 2.45) is 0 Å². The highest BCUT2D eigenvalue weighted by Crippen LogP contribution is 1.98. The summed E-state index contributed by atoms with van der Waals surface area (Å²) in [7, 11) is 2.87. The van der Waals surface area contributed by atoms with Crippen LogP contribution < -0.4 is 5.32 Å². The Balaban J connectivity index is 3.92. The molecule has 6 heteroatoms. The fourth-order valence-corrected chi connectivity index (χ4v) is 0.827. The molecule has 6 nitrogen and oxygen atoms in total. The quantitative estimate of drug-likeness (QED) is 0.454. The minimum atomic E-state index is -1.09. The molecule has 0 heterocycles. The van der Waals surface area contributed by atoms with E-state index in [4.69, 9.17) is 14.6 Å². The van der Waals surface area contributed by atoms with Crippen LogP contribution in [0.5, 0.6) is 0 Å². The maximum atomic E-state index is 11.2. The second kappa shape index (κ2) is 6.97. The highest BCUT2D eigenvalue weighted by molar-refractivity contribution is 5.96. The number of amides is 1. The van der Waals surface area contributed by atoms with E-state index in [0.717, 1.165) is 0 Å². The van der Waals surface area contributed by atoms with Crippen LogP contribution in [-0.2, 0) is 19.1 Å². The van der Waals surface area contributed by atoms with Gasteiger partial charge in [-0.05, 0) is 0 Å². The van der Waals surface area contributed by atoms with Crippen LogP contribution in [0.2, 0.25) is 0 Å². The summed E-state index contributed by atoms with van der Waals surface area (Å²) >= 11 is 0. The van der Waals surface area contributed by atoms with Gasteiger partial charge in [0.1, 0.15) is 0 Å². The topological polar surface area (TPSA) is 84.9 Å². The molecule has 0 unspecified atom stereocenters. The second-order valence-electron chi connectivity index (χ2n) is 2.79. The van der Waals surface area contributed by atoms with Gasteiger partial charge in [0, 0.05) is 19.8 Å². The Bertz CT molecular complexity index is 247. The van der Waals surface area contributed by atoms with Crippen molar-refractivity contribution < 1.29 is 24.2 Å². The molecule has 0 spiro atoms. The van der Waals surface area contributed by atoms with Gasteiger partial charge < -0.3 is 19.9 Å². The van der Waals surface area contributed by atoms with Gasteiger partial charge in [-0.2, -0.15) is 0 Å². The third kappa shape index (κ3) is 5.82. The molecule has 2 N–H and O–H groups in total. The van der Waals surface area contributed by atoms with E-state index < -0.39 is 18.2 Å². The first kappa shape index (κ1) is 13.6. The van der Waals surface area contributed by atoms with E-state index in [-0.39, 0.29) is 18.5 Å². The lowest BCUT2D eigenvalue weighted by Gasteiger charge is -2.14. The van der Waals surface area contributed by atoms with E-state index in [1.165, 1.54) is 14.2 Å². The number of carbonyl (C=O) groups excluding carboxylic acids is 1. The van der Waals surface area contributed by atoms with Gasteiger partial charge in [-0.25, -0.2) is 0 Å².